The zero-order valence-corrected chi connectivity index (χ0v) is 22.6. The highest BCUT2D eigenvalue weighted by atomic mass is 35.5. The summed E-state index contributed by atoms with van der Waals surface area (Å²) in [5, 5.41) is 3.89. The third kappa shape index (κ3) is 5.52. The number of ether oxygens (including phenoxy) is 1. The van der Waals surface area contributed by atoms with Crippen LogP contribution in [0.3, 0.4) is 0 Å². The number of rotatable bonds is 4. The second kappa shape index (κ2) is 11.0. The van der Waals surface area contributed by atoms with Gasteiger partial charge in [-0.1, -0.05) is 47.5 Å². The Morgan fingerprint density at radius 1 is 1.03 bits per heavy atom. The molecule has 2 heterocycles. The van der Waals surface area contributed by atoms with Gasteiger partial charge in [-0.25, -0.2) is 4.79 Å². The lowest BCUT2D eigenvalue weighted by atomic mass is 9.88. The molecule has 2 aromatic carbocycles. The van der Waals surface area contributed by atoms with Crippen LogP contribution in [-0.4, -0.2) is 41.7 Å². The maximum atomic E-state index is 13.0. The fourth-order valence-electron chi connectivity index (χ4n) is 5.44. The van der Waals surface area contributed by atoms with Gasteiger partial charge in [0, 0.05) is 29.9 Å². The maximum Gasteiger partial charge on any atom is 0.317 e. The number of nitrogens with one attached hydrogen (secondary N) is 1. The lowest BCUT2D eigenvalue weighted by Gasteiger charge is -2.31. The molecule has 5 nitrogen and oxygen atoms in total. The van der Waals surface area contributed by atoms with E-state index in [0.29, 0.717) is 19.7 Å². The number of hydrogen-bond donors (Lipinski definition) is 1. The number of fused-ring (bicyclic) bond motifs is 2. The number of halogens is 1. The average Bonchev–Trinajstić information content (AvgIpc) is 3.05. The van der Waals surface area contributed by atoms with E-state index in [0.717, 1.165) is 53.3 Å². The van der Waals surface area contributed by atoms with E-state index in [-0.39, 0.29) is 12.1 Å². The molecule has 0 saturated carbocycles. The third-order valence-electron chi connectivity index (χ3n) is 7.39. The van der Waals surface area contributed by atoms with E-state index >= 15 is 0 Å². The first-order valence-corrected chi connectivity index (χ1v) is 13.5. The minimum Gasteiger partial charge on any atom is -0.491 e. The van der Waals surface area contributed by atoms with Crippen molar-refractivity contribution in [3.8, 4) is 5.75 Å². The molecular formula is C31H34ClN3O2. The van der Waals surface area contributed by atoms with Crippen molar-refractivity contribution in [3.63, 3.8) is 0 Å². The molecule has 37 heavy (non-hydrogen) atoms. The molecule has 1 aliphatic heterocycles. The van der Waals surface area contributed by atoms with Crippen LogP contribution in [0, 0.1) is 13.8 Å². The zero-order chi connectivity index (χ0) is 25.9. The molecule has 1 aromatic heterocycles. The Kier molecular flexibility index (Phi) is 7.52. The first-order chi connectivity index (χ1) is 17.9. The van der Waals surface area contributed by atoms with Crippen LogP contribution in [-0.2, 0) is 12.8 Å². The molecule has 2 amide bonds. The Hall–Kier alpha value is -3.31. The van der Waals surface area contributed by atoms with Gasteiger partial charge in [-0.15, -0.1) is 0 Å². The largest absolute Gasteiger partial charge is 0.491 e. The van der Waals surface area contributed by atoms with E-state index in [9.17, 15) is 4.79 Å². The standard InChI is InChI=1S/C31H34ClN3O2/c1-20-6-4-7-21(2)30(20)37-19-22(3)34-31(36)35-16-13-23(14-17-35)28-27-12-11-26(32)18-25(27)10-9-24-8-5-15-33-29(24)28/h4-8,11-12,15,18,22H,9-10,13-14,16-17,19H2,1-3H3,(H,34,36). The molecule has 6 heteroatoms. The number of carbonyl (C=O) groups excluding carboxylic acids is 1. The number of carbonyl (C=O) groups is 1. The molecule has 1 unspecified atom stereocenters. The van der Waals surface area contributed by atoms with Crippen LogP contribution < -0.4 is 10.1 Å². The number of amides is 2. The van der Waals surface area contributed by atoms with Gasteiger partial charge in [0.15, 0.2) is 0 Å². The van der Waals surface area contributed by atoms with Gasteiger partial charge in [-0.05, 0) is 92.5 Å². The topological polar surface area (TPSA) is 54.5 Å². The quantitative estimate of drug-likeness (QED) is 0.430. The number of para-hydroxylation sites is 1. The number of likely N-dealkylation sites (tertiary alicyclic amines) is 1. The normalized spacial score (nSPS) is 15.9. The summed E-state index contributed by atoms with van der Waals surface area (Å²) in [6, 6.07) is 16.4. The Morgan fingerprint density at radius 3 is 2.51 bits per heavy atom. The first-order valence-electron chi connectivity index (χ1n) is 13.1. The Labute approximate surface area is 224 Å². The minimum absolute atomic E-state index is 0.0340. The number of pyridine rings is 1. The van der Waals surface area contributed by atoms with E-state index < -0.39 is 0 Å². The molecule has 3 aromatic rings. The van der Waals surface area contributed by atoms with Crippen LogP contribution in [0.15, 0.2) is 60.3 Å². The number of hydrogen-bond acceptors (Lipinski definition) is 3. The molecule has 5 rings (SSSR count). The van der Waals surface area contributed by atoms with Crippen molar-refractivity contribution >= 4 is 23.2 Å². The van der Waals surface area contributed by atoms with Gasteiger partial charge in [0.2, 0.25) is 0 Å². The summed E-state index contributed by atoms with van der Waals surface area (Å²) >= 11 is 6.35. The van der Waals surface area contributed by atoms with Crippen LogP contribution in [0.2, 0.25) is 5.02 Å². The maximum absolute atomic E-state index is 13.0. The number of benzene rings is 2. The molecule has 0 bridgehead atoms. The fraction of sp³-hybridized carbons (Fsp3) is 0.355. The number of urea groups is 1. The van der Waals surface area contributed by atoms with Crippen LogP contribution >= 0.6 is 11.6 Å². The summed E-state index contributed by atoms with van der Waals surface area (Å²) in [6.45, 7) is 7.86. The Balaban J connectivity index is 1.28. The molecule has 1 saturated heterocycles. The van der Waals surface area contributed by atoms with Gasteiger partial charge in [-0.3, -0.25) is 4.98 Å². The predicted molar refractivity (Wildman–Crippen MR) is 149 cm³/mol. The number of nitrogens with zero attached hydrogens (tertiary/aromatic N) is 2. The molecular weight excluding hydrogens is 482 g/mol. The van der Waals surface area contributed by atoms with Gasteiger partial charge in [0.1, 0.15) is 12.4 Å². The van der Waals surface area contributed by atoms with Crippen molar-refractivity contribution in [2.45, 2.75) is 52.5 Å². The second-order valence-electron chi connectivity index (χ2n) is 10.2. The number of aromatic nitrogens is 1. The van der Waals surface area contributed by atoms with E-state index in [1.165, 1.54) is 27.8 Å². The molecule has 1 fully saturated rings. The van der Waals surface area contributed by atoms with Gasteiger partial charge >= 0.3 is 6.03 Å². The van der Waals surface area contributed by atoms with E-state index in [1.807, 2.05) is 62.2 Å². The van der Waals surface area contributed by atoms with Gasteiger partial charge in [0.25, 0.3) is 0 Å². The van der Waals surface area contributed by atoms with Crippen molar-refractivity contribution in [3.05, 3.63) is 98.8 Å². The Bertz CT molecular complexity index is 1320. The lowest BCUT2D eigenvalue weighted by Crippen LogP contribution is -2.47. The van der Waals surface area contributed by atoms with Crippen molar-refractivity contribution in [1.29, 1.82) is 0 Å². The summed E-state index contributed by atoms with van der Waals surface area (Å²) < 4.78 is 6.04. The van der Waals surface area contributed by atoms with Crippen LogP contribution in [0.25, 0.3) is 5.57 Å². The molecule has 1 N–H and O–H groups in total. The monoisotopic (exact) mass is 515 g/mol. The summed E-state index contributed by atoms with van der Waals surface area (Å²) in [5.41, 5.74) is 9.65. The number of piperidine rings is 1. The van der Waals surface area contributed by atoms with Crippen LogP contribution in [0.1, 0.15) is 53.3 Å². The minimum atomic E-state index is -0.0965. The van der Waals surface area contributed by atoms with Crippen molar-refractivity contribution in [2.75, 3.05) is 19.7 Å². The number of aryl methyl sites for hydroxylation is 4. The van der Waals surface area contributed by atoms with E-state index in [4.69, 9.17) is 21.3 Å². The van der Waals surface area contributed by atoms with Crippen molar-refractivity contribution in [2.24, 2.45) is 0 Å². The van der Waals surface area contributed by atoms with Crippen LogP contribution in [0.4, 0.5) is 4.79 Å². The Morgan fingerprint density at radius 2 is 1.76 bits per heavy atom. The van der Waals surface area contributed by atoms with E-state index in [1.54, 1.807) is 0 Å². The molecule has 0 radical (unpaired) electrons. The van der Waals surface area contributed by atoms with Gasteiger partial charge in [0.05, 0.1) is 11.7 Å². The highest BCUT2D eigenvalue weighted by Gasteiger charge is 2.27. The third-order valence-corrected chi connectivity index (χ3v) is 7.63. The summed E-state index contributed by atoms with van der Waals surface area (Å²) in [5.74, 6) is 0.900. The lowest BCUT2D eigenvalue weighted by molar-refractivity contribution is 0.183. The molecule has 1 atom stereocenters. The van der Waals surface area contributed by atoms with Crippen LogP contribution in [0.5, 0.6) is 5.75 Å². The highest BCUT2D eigenvalue weighted by molar-refractivity contribution is 6.30. The average molecular weight is 516 g/mol. The van der Waals surface area contributed by atoms with Gasteiger partial charge in [-0.2, -0.15) is 0 Å². The fourth-order valence-corrected chi connectivity index (χ4v) is 5.64. The van der Waals surface area contributed by atoms with Crippen molar-refractivity contribution in [1.82, 2.24) is 15.2 Å². The summed E-state index contributed by atoms with van der Waals surface area (Å²) in [4.78, 5) is 19.8. The second-order valence-corrected chi connectivity index (χ2v) is 10.6. The molecule has 0 spiro atoms. The predicted octanol–water partition coefficient (Wildman–Crippen LogP) is 6.53. The smallest absolute Gasteiger partial charge is 0.317 e. The highest BCUT2D eigenvalue weighted by Crippen LogP contribution is 2.38. The van der Waals surface area contributed by atoms with Crippen molar-refractivity contribution < 1.29 is 9.53 Å². The zero-order valence-electron chi connectivity index (χ0n) is 21.8. The summed E-state index contributed by atoms with van der Waals surface area (Å²) in [7, 11) is 0. The SMILES string of the molecule is Cc1cccc(C)c1OCC(C)NC(=O)N1CCC(=C2c3ccc(Cl)cc3CCc3cccnc32)CC1. The molecule has 192 valence electrons. The molecule has 2 aliphatic rings. The van der Waals surface area contributed by atoms with Gasteiger partial charge < -0.3 is 15.0 Å². The molecule has 1 aliphatic carbocycles. The van der Waals surface area contributed by atoms with E-state index in [2.05, 4.69) is 23.5 Å². The first kappa shape index (κ1) is 25.3. The summed E-state index contributed by atoms with van der Waals surface area (Å²) in [6.07, 6.45) is 5.43.